The van der Waals surface area contributed by atoms with Gasteiger partial charge in [0.15, 0.2) is 0 Å². The molecule has 0 radical (unpaired) electrons. The van der Waals surface area contributed by atoms with E-state index in [1.807, 2.05) is 55.8 Å². The molecule has 0 aliphatic heterocycles. The van der Waals surface area contributed by atoms with Gasteiger partial charge in [-0.3, -0.25) is 4.79 Å². The largest absolute Gasteiger partial charge is 0.351 e. The number of hydrogen-bond donors (Lipinski definition) is 1. The number of rotatable bonds is 2. The number of benzene rings is 1. The molecule has 0 fully saturated rings. The average Bonchev–Trinajstić information content (AvgIpc) is 2.60. The van der Waals surface area contributed by atoms with E-state index in [0.717, 1.165) is 26.2 Å². The summed E-state index contributed by atoms with van der Waals surface area (Å²) in [6.07, 6.45) is 0. The number of hydrogen-bond acceptors (Lipinski definition) is 1. The predicted molar refractivity (Wildman–Crippen MR) is 82.0 cm³/mol. The maximum Gasteiger partial charge on any atom is 0.257 e. The van der Waals surface area contributed by atoms with Crippen molar-refractivity contribution in [3.05, 3.63) is 50.9 Å². The van der Waals surface area contributed by atoms with Gasteiger partial charge in [0.05, 0.1) is 5.56 Å². The zero-order valence-electron chi connectivity index (χ0n) is 10.6. The van der Waals surface area contributed by atoms with Crippen LogP contribution in [0.4, 0.5) is 5.69 Å². The van der Waals surface area contributed by atoms with Gasteiger partial charge in [-0.1, -0.05) is 0 Å². The molecular weight excluding hydrogens is 339 g/mol. The number of anilines is 1. The molecule has 1 aromatic carbocycles. The van der Waals surface area contributed by atoms with Crippen molar-refractivity contribution in [3.63, 3.8) is 0 Å². The second kappa shape index (κ2) is 5.14. The van der Waals surface area contributed by atoms with Crippen molar-refractivity contribution >= 4 is 34.2 Å². The summed E-state index contributed by atoms with van der Waals surface area (Å²) >= 11 is 2.24. The molecule has 0 aliphatic rings. The monoisotopic (exact) mass is 354 g/mol. The number of aryl methyl sites for hydroxylation is 1. The van der Waals surface area contributed by atoms with Crippen molar-refractivity contribution in [3.8, 4) is 0 Å². The summed E-state index contributed by atoms with van der Waals surface area (Å²) in [5, 5.41) is 2.91. The van der Waals surface area contributed by atoms with Crippen molar-refractivity contribution in [2.24, 2.45) is 7.05 Å². The van der Waals surface area contributed by atoms with Gasteiger partial charge in [0.2, 0.25) is 0 Å². The smallest absolute Gasteiger partial charge is 0.257 e. The SMILES string of the molecule is Cc1cc(C(=O)Nc2ccc(I)cc2)c(C)n1C. The highest BCUT2D eigenvalue weighted by Crippen LogP contribution is 2.16. The van der Waals surface area contributed by atoms with E-state index in [1.165, 1.54) is 0 Å². The Morgan fingerprint density at radius 1 is 1.22 bits per heavy atom. The summed E-state index contributed by atoms with van der Waals surface area (Å²) < 4.78 is 3.17. The second-order valence-corrected chi connectivity index (χ2v) is 5.55. The van der Waals surface area contributed by atoms with E-state index in [-0.39, 0.29) is 5.91 Å². The molecule has 1 N–H and O–H groups in total. The van der Waals surface area contributed by atoms with Crippen molar-refractivity contribution in [1.29, 1.82) is 0 Å². The Hall–Kier alpha value is -1.30. The second-order valence-electron chi connectivity index (χ2n) is 4.30. The Morgan fingerprint density at radius 3 is 2.33 bits per heavy atom. The Labute approximate surface area is 120 Å². The molecule has 2 aromatic rings. The molecule has 1 aromatic heterocycles. The van der Waals surface area contributed by atoms with E-state index in [4.69, 9.17) is 0 Å². The van der Waals surface area contributed by atoms with E-state index >= 15 is 0 Å². The third-order valence-corrected chi connectivity index (χ3v) is 3.84. The van der Waals surface area contributed by atoms with Crippen LogP contribution in [0, 0.1) is 17.4 Å². The van der Waals surface area contributed by atoms with E-state index in [0.29, 0.717) is 0 Å². The number of nitrogens with zero attached hydrogens (tertiary/aromatic N) is 1. The summed E-state index contributed by atoms with van der Waals surface area (Å²) in [6, 6.07) is 9.67. The summed E-state index contributed by atoms with van der Waals surface area (Å²) in [4.78, 5) is 12.2. The molecule has 0 spiro atoms. The molecule has 2 rings (SSSR count). The van der Waals surface area contributed by atoms with Gasteiger partial charge in [0.1, 0.15) is 0 Å². The van der Waals surface area contributed by atoms with Gasteiger partial charge in [-0.25, -0.2) is 0 Å². The van der Waals surface area contributed by atoms with Crippen LogP contribution in [0.5, 0.6) is 0 Å². The van der Waals surface area contributed by atoms with Gasteiger partial charge in [-0.15, -0.1) is 0 Å². The third-order valence-electron chi connectivity index (χ3n) is 3.12. The third kappa shape index (κ3) is 2.58. The summed E-state index contributed by atoms with van der Waals surface area (Å²) in [6.45, 7) is 3.95. The maximum absolute atomic E-state index is 12.2. The van der Waals surface area contributed by atoms with E-state index in [9.17, 15) is 4.79 Å². The standard InChI is InChI=1S/C14H15IN2O/c1-9-8-13(10(2)17(9)3)14(18)16-12-6-4-11(15)5-7-12/h4-8H,1-3H3,(H,16,18). The highest BCUT2D eigenvalue weighted by Gasteiger charge is 2.13. The molecule has 4 heteroatoms. The number of nitrogens with one attached hydrogen (secondary N) is 1. The van der Waals surface area contributed by atoms with Crippen LogP contribution >= 0.6 is 22.6 Å². The number of aromatic nitrogens is 1. The molecule has 0 atom stereocenters. The number of amides is 1. The van der Waals surface area contributed by atoms with E-state index < -0.39 is 0 Å². The lowest BCUT2D eigenvalue weighted by Gasteiger charge is -2.05. The Morgan fingerprint density at radius 2 is 1.83 bits per heavy atom. The first-order chi connectivity index (χ1) is 8.49. The van der Waals surface area contributed by atoms with Crippen molar-refractivity contribution in [2.45, 2.75) is 13.8 Å². The van der Waals surface area contributed by atoms with E-state index in [1.54, 1.807) is 0 Å². The molecular formula is C14H15IN2O. The number of carbonyl (C=O) groups excluding carboxylic acids is 1. The van der Waals surface area contributed by atoms with Crippen LogP contribution in [0.2, 0.25) is 0 Å². The first kappa shape index (κ1) is 13.1. The highest BCUT2D eigenvalue weighted by molar-refractivity contribution is 14.1. The molecule has 0 unspecified atom stereocenters. The minimum atomic E-state index is -0.0580. The molecule has 0 saturated heterocycles. The summed E-state index contributed by atoms with van der Waals surface area (Å²) in [5.41, 5.74) is 3.62. The molecule has 0 saturated carbocycles. The van der Waals surface area contributed by atoms with Crippen LogP contribution in [0.1, 0.15) is 21.7 Å². The zero-order valence-corrected chi connectivity index (χ0v) is 12.8. The lowest BCUT2D eigenvalue weighted by molar-refractivity contribution is 0.102. The van der Waals surface area contributed by atoms with Gasteiger partial charge in [-0.2, -0.15) is 0 Å². The summed E-state index contributed by atoms with van der Waals surface area (Å²) in [5.74, 6) is -0.0580. The molecule has 3 nitrogen and oxygen atoms in total. The minimum Gasteiger partial charge on any atom is -0.351 e. The van der Waals surface area contributed by atoms with Crippen molar-refractivity contribution in [2.75, 3.05) is 5.32 Å². The molecule has 0 bridgehead atoms. The van der Waals surface area contributed by atoms with Crippen molar-refractivity contribution in [1.82, 2.24) is 4.57 Å². The van der Waals surface area contributed by atoms with E-state index in [2.05, 4.69) is 27.9 Å². The van der Waals surface area contributed by atoms with Crippen LogP contribution < -0.4 is 5.32 Å². The fourth-order valence-corrected chi connectivity index (χ4v) is 2.18. The molecule has 94 valence electrons. The molecule has 1 amide bonds. The lowest BCUT2D eigenvalue weighted by atomic mass is 10.2. The Balaban J connectivity index is 2.22. The van der Waals surface area contributed by atoms with Crippen LogP contribution in [-0.2, 0) is 7.05 Å². The zero-order chi connectivity index (χ0) is 13.3. The van der Waals surface area contributed by atoms with Crippen LogP contribution in [0.3, 0.4) is 0 Å². The quantitative estimate of drug-likeness (QED) is 0.823. The van der Waals surface area contributed by atoms with Gasteiger partial charge in [0, 0.05) is 27.7 Å². The van der Waals surface area contributed by atoms with Crippen LogP contribution in [-0.4, -0.2) is 10.5 Å². The molecule has 1 heterocycles. The van der Waals surface area contributed by atoms with Gasteiger partial charge < -0.3 is 9.88 Å². The van der Waals surface area contributed by atoms with Crippen molar-refractivity contribution < 1.29 is 4.79 Å². The summed E-state index contributed by atoms with van der Waals surface area (Å²) in [7, 11) is 1.96. The van der Waals surface area contributed by atoms with Gasteiger partial charge >= 0.3 is 0 Å². The molecule has 18 heavy (non-hydrogen) atoms. The minimum absolute atomic E-state index is 0.0580. The lowest BCUT2D eigenvalue weighted by Crippen LogP contribution is -2.12. The highest BCUT2D eigenvalue weighted by atomic mass is 127. The Kier molecular flexibility index (Phi) is 3.75. The number of halogens is 1. The maximum atomic E-state index is 12.2. The van der Waals surface area contributed by atoms with Crippen LogP contribution in [0.15, 0.2) is 30.3 Å². The first-order valence-electron chi connectivity index (χ1n) is 5.69. The fourth-order valence-electron chi connectivity index (χ4n) is 1.82. The number of carbonyl (C=O) groups is 1. The first-order valence-corrected chi connectivity index (χ1v) is 6.77. The Bertz CT molecular complexity index is 585. The van der Waals surface area contributed by atoms with Gasteiger partial charge in [0.25, 0.3) is 5.91 Å². The normalized spacial score (nSPS) is 10.4. The molecule has 0 aliphatic carbocycles. The van der Waals surface area contributed by atoms with Gasteiger partial charge in [-0.05, 0) is 66.8 Å². The fraction of sp³-hybridized carbons (Fsp3) is 0.214. The van der Waals surface area contributed by atoms with Crippen LogP contribution in [0.25, 0.3) is 0 Å². The average molecular weight is 354 g/mol. The topological polar surface area (TPSA) is 34.0 Å². The predicted octanol–water partition coefficient (Wildman–Crippen LogP) is 3.50.